The summed E-state index contributed by atoms with van der Waals surface area (Å²) in [5.74, 6) is -1.14. The summed E-state index contributed by atoms with van der Waals surface area (Å²) < 4.78 is 20.4. The van der Waals surface area contributed by atoms with Gasteiger partial charge in [-0.3, -0.25) is 4.79 Å². The standard InChI is InChI=1S/C17H20ClFN4O2/c1-3-13(23-10(2)9-14(20)24)11-5-6-12(18)16(15(11)19)25-17-21-7-4-8-22-17/h4-8,10,13,23H,3,9H2,1-2H3,(H2,20,24)/t10-,13-/m1/s1. The number of aromatic nitrogens is 2. The first-order valence-electron chi connectivity index (χ1n) is 7.89. The number of hydrogen-bond acceptors (Lipinski definition) is 5. The molecule has 0 aliphatic heterocycles. The first kappa shape index (κ1) is 19.1. The molecular formula is C17H20ClFN4O2. The van der Waals surface area contributed by atoms with E-state index in [1.165, 1.54) is 12.4 Å². The molecule has 0 aliphatic rings. The maximum atomic E-state index is 15.0. The lowest BCUT2D eigenvalue weighted by Gasteiger charge is -2.23. The number of benzene rings is 1. The van der Waals surface area contributed by atoms with Crippen LogP contribution in [0.5, 0.6) is 11.8 Å². The number of ether oxygens (including phenoxy) is 1. The summed E-state index contributed by atoms with van der Waals surface area (Å²) in [4.78, 5) is 18.9. The Bertz CT molecular complexity index is 730. The van der Waals surface area contributed by atoms with Crippen LogP contribution in [-0.2, 0) is 4.79 Å². The van der Waals surface area contributed by atoms with E-state index in [0.29, 0.717) is 12.0 Å². The van der Waals surface area contributed by atoms with E-state index in [2.05, 4.69) is 15.3 Å². The molecule has 0 bridgehead atoms. The zero-order chi connectivity index (χ0) is 18.4. The third kappa shape index (κ3) is 5.11. The van der Waals surface area contributed by atoms with Crippen LogP contribution in [0.2, 0.25) is 5.02 Å². The molecule has 1 aromatic heterocycles. The fraction of sp³-hybridized carbons (Fsp3) is 0.353. The van der Waals surface area contributed by atoms with Crippen LogP contribution in [0.3, 0.4) is 0 Å². The van der Waals surface area contributed by atoms with Crippen molar-refractivity contribution in [2.24, 2.45) is 5.73 Å². The molecule has 1 heterocycles. The van der Waals surface area contributed by atoms with Crippen molar-refractivity contribution in [3.05, 3.63) is 47.0 Å². The van der Waals surface area contributed by atoms with Crippen molar-refractivity contribution < 1.29 is 13.9 Å². The molecule has 0 fully saturated rings. The van der Waals surface area contributed by atoms with E-state index < -0.39 is 11.7 Å². The number of primary amides is 1. The van der Waals surface area contributed by atoms with Crippen molar-refractivity contribution in [2.45, 2.75) is 38.8 Å². The molecule has 2 atom stereocenters. The molecule has 0 saturated heterocycles. The van der Waals surface area contributed by atoms with Crippen LogP contribution < -0.4 is 15.8 Å². The molecule has 8 heteroatoms. The number of halogens is 2. The molecule has 2 rings (SSSR count). The number of rotatable bonds is 8. The van der Waals surface area contributed by atoms with Gasteiger partial charge in [-0.05, 0) is 25.5 Å². The SMILES string of the molecule is CC[C@@H](N[C@H](C)CC(N)=O)c1ccc(Cl)c(Oc2ncccn2)c1F. The predicted molar refractivity (Wildman–Crippen MR) is 93.0 cm³/mol. The van der Waals surface area contributed by atoms with E-state index >= 15 is 0 Å². The molecule has 25 heavy (non-hydrogen) atoms. The van der Waals surface area contributed by atoms with E-state index in [4.69, 9.17) is 22.1 Å². The van der Waals surface area contributed by atoms with Crippen LogP contribution in [-0.4, -0.2) is 21.9 Å². The van der Waals surface area contributed by atoms with Crippen molar-refractivity contribution in [3.8, 4) is 11.8 Å². The zero-order valence-corrected chi connectivity index (χ0v) is 14.8. The van der Waals surface area contributed by atoms with Gasteiger partial charge in [-0.1, -0.05) is 24.6 Å². The van der Waals surface area contributed by atoms with Gasteiger partial charge in [0.15, 0.2) is 11.6 Å². The molecule has 1 aromatic carbocycles. The molecule has 0 saturated carbocycles. The van der Waals surface area contributed by atoms with Crippen LogP contribution in [0.1, 0.15) is 38.3 Å². The Kier molecular flexibility index (Phi) is 6.66. The van der Waals surface area contributed by atoms with Gasteiger partial charge >= 0.3 is 6.01 Å². The summed E-state index contributed by atoms with van der Waals surface area (Å²) in [6.45, 7) is 3.72. The average molecular weight is 367 g/mol. The highest BCUT2D eigenvalue weighted by Gasteiger charge is 2.22. The molecule has 0 spiro atoms. The minimum absolute atomic E-state index is 0.00329. The highest BCUT2D eigenvalue weighted by atomic mass is 35.5. The number of amides is 1. The van der Waals surface area contributed by atoms with Crippen LogP contribution in [0.15, 0.2) is 30.6 Å². The Hall–Kier alpha value is -2.25. The number of hydrogen-bond donors (Lipinski definition) is 2. The summed E-state index contributed by atoms with van der Waals surface area (Å²) in [7, 11) is 0. The highest BCUT2D eigenvalue weighted by Crippen LogP contribution is 2.35. The highest BCUT2D eigenvalue weighted by molar-refractivity contribution is 6.32. The van der Waals surface area contributed by atoms with Crippen molar-refractivity contribution in [3.63, 3.8) is 0 Å². The van der Waals surface area contributed by atoms with E-state index in [9.17, 15) is 9.18 Å². The van der Waals surface area contributed by atoms with Gasteiger partial charge in [-0.15, -0.1) is 0 Å². The normalized spacial score (nSPS) is 13.3. The topological polar surface area (TPSA) is 90.1 Å². The second-order valence-corrected chi connectivity index (χ2v) is 6.02. The van der Waals surface area contributed by atoms with E-state index in [1.54, 1.807) is 18.2 Å². The maximum absolute atomic E-state index is 15.0. The minimum Gasteiger partial charge on any atom is -0.420 e. The summed E-state index contributed by atoms with van der Waals surface area (Å²) in [5, 5.41) is 3.31. The fourth-order valence-corrected chi connectivity index (χ4v) is 2.66. The van der Waals surface area contributed by atoms with E-state index in [1.807, 2.05) is 13.8 Å². The Morgan fingerprint density at radius 1 is 1.40 bits per heavy atom. The summed E-state index contributed by atoms with van der Waals surface area (Å²) >= 11 is 6.07. The average Bonchev–Trinajstić information content (AvgIpc) is 2.57. The Labute approximate surface area is 150 Å². The van der Waals surface area contributed by atoms with E-state index in [0.717, 1.165) is 0 Å². The van der Waals surface area contributed by atoms with Crippen molar-refractivity contribution in [2.75, 3.05) is 0 Å². The monoisotopic (exact) mass is 366 g/mol. The third-order valence-corrected chi connectivity index (χ3v) is 3.89. The lowest BCUT2D eigenvalue weighted by Crippen LogP contribution is -2.34. The number of carbonyl (C=O) groups is 1. The Morgan fingerprint density at radius 3 is 2.68 bits per heavy atom. The van der Waals surface area contributed by atoms with Crippen molar-refractivity contribution >= 4 is 17.5 Å². The second-order valence-electron chi connectivity index (χ2n) is 5.61. The van der Waals surface area contributed by atoms with Crippen LogP contribution in [0, 0.1) is 5.82 Å². The molecule has 134 valence electrons. The van der Waals surface area contributed by atoms with Crippen LogP contribution >= 0.6 is 11.6 Å². The minimum atomic E-state index is -0.592. The van der Waals surface area contributed by atoms with Crippen LogP contribution in [0.25, 0.3) is 0 Å². The van der Waals surface area contributed by atoms with Gasteiger partial charge < -0.3 is 15.8 Å². The third-order valence-electron chi connectivity index (χ3n) is 3.59. The molecule has 0 aliphatic carbocycles. The van der Waals surface area contributed by atoms with Crippen molar-refractivity contribution in [1.82, 2.24) is 15.3 Å². The fourth-order valence-electron chi connectivity index (χ4n) is 2.47. The molecule has 0 radical (unpaired) electrons. The Morgan fingerprint density at radius 2 is 2.08 bits per heavy atom. The molecular weight excluding hydrogens is 347 g/mol. The zero-order valence-electron chi connectivity index (χ0n) is 14.0. The number of nitrogens with one attached hydrogen (secondary N) is 1. The van der Waals surface area contributed by atoms with Gasteiger partial charge in [-0.25, -0.2) is 14.4 Å². The lowest BCUT2D eigenvalue weighted by molar-refractivity contribution is -0.118. The van der Waals surface area contributed by atoms with Gasteiger partial charge in [0, 0.05) is 36.5 Å². The number of carbonyl (C=O) groups excluding carboxylic acids is 1. The first-order valence-corrected chi connectivity index (χ1v) is 8.27. The van der Waals surface area contributed by atoms with Gasteiger partial charge in [0.2, 0.25) is 5.91 Å². The van der Waals surface area contributed by atoms with Gasteiger partial charge in [-0.2, -0.15) is 0 Å². The summed E-state index contributed by atoms with van der Waals surface area (Å²) in [6, 6.07) is 4.25. The largest absolute Gasteiger partial charge is 0.420 e. The molecule has 1 amide bonds. The molecule has 2 aromatic rings. The van der Waals surface area contributed by atoms with E-state index in [-0.39, 0.29) is 35.3 Å². The number of nitrogens with zero attached hydrogens (tertiary/aromatic N) is 2. The van der Waals surface area contributed by atoms with Gasteiger partial charge in [0.05, 0.1) is 5.02 Å². The Balaban J connectivity index is 2.28. The molecule has 0 unspecified atom stereocenters. The smallest absolute Gasteiger partial charge is 0.322 e. The lowest BCUT2D eigenvalue weighted by atomic mass is 10.0. The number of nitrogens with two attached hydrogens (primary N) is 1. The predicted octanol–water partition coefficient (Wildman–Crippen LogP) is 3.37. The first-order chi connectivity index (χ1) is 11.9. The van der Waals surface area contributed by atoms with Gasteiger partial charge in [0.25, 0.3) is 0 Å². The maximum Gasteiger partial charge on any atom is 0.322 e. The summed E-state index contributed by atoms with van der Waals surface area (Å²) in [5.41, 5.74) is 5.59. The molecule has 6 nitrogen and oxygen atoms in total. The van der Waals surface area contributed by atoms with Crippen molar-refractivity contribution in [1.29, 1.82) is 0 Å². The van der Waals surface area contributed by atoms with Gasteiger partial charge in [0.1, 0.15) is 0 Å². The summed E-state index contributed by atoms with van der Waals surface area (Å²) in [6.07, 6.45) is 3.73. The van der Waals surface area contributed by atoms with Crippen LogP contribution in [0.4, 0.5) is 4.39 Å². The molecule has 3 N–H and O–H groups in total. The quantitative estimate of drug-likeness (QED) is 0.747. The second kappa shape index (κ2) is 8.73.